The first-order chi connectivity index (χ1) is 9.93. The molecule has 1 aliphatic heterocycles. The van der Waals surface area contributed by atoms with Crippen LogP contribution in [0.25, 0.3) is 0 Å². The number of carbonyl (C=O) groups excluding carboxylic acids is 1. The number of amides is 1. The fraction of sp³-hybridized carbons (Fsp3) is 0.562. The van der Waals surface area contributed by atoms with E-state index in [1.807, 2.05) is 20.8 Å². The van der Waals surface area contributed by atoms with E-state index in [9.17, 15) is 14.3 Å². The van der Waals surface area contributed by atoms with Crippen LogP contribution >= 0.6 is 0 Å². The summed E-state index contributed by atoms with van der Waals surface area (Å²) < 4.78 is 19.5. The monoisotopic (exact) mass is 295 g/mol. The van der Waals surface area contributed by atoms with E-state index < -0.39 is 11.9 Å². The molecule has 5 heteroatoms. The second-order valence-electron chi connectivity index (χ2n) is 5.70. The third-order valence-corrected chi connectivity index (χ3v) is 3.74. The van der Waals surface area contributed by atoms with Gasteiger partial charge in [0.05, 0.1) is 18.8 Å². The molecule has 0 saturated carbocycles. The van der Waals surface area contributed by atoms with Crippen LogP contribution in [0.3, 0.4) is 0 Å². The number of ether oxygens (including phenoxy) is 1. The van der Waals surface area contributed by atoms with Gasteiger partial charge < -0.3 is 15.2 Å². The third-order valence-electron chi connectivity index (χ3n) is 3.74. The van der Waals surface area contributed by atoms with Crippen molar-refractivity contribution in [3.05, 3.63) is 29.1 Å². The van der Waals surface area contributed by atoms with Crippen LogP contribution < -0.4 is 10.1 Å². The minimum Gasteiger partial charge on any atom is -0.490 e. The number of benzene rings is 1. The van der Waals surface area contributed by atoms with Crippen molar-refractivity contribution >= 4 is 5.91 Å². The summed E-state index contributed by atoms with van der Waals surface area (Å²) in [6.07, 6.45) is 0.381. The summed E-state index contributed by atoms with van der Waals surface area (Å²) in [5.41, 5.74) is 1.13. The number of hydrogen-bond donors (Lipinski definition) is 2. The van der Waals surface area contributed by atoms with Crippen LogP contribution in [-0.2, 0) is 4.79 Å². The number of fused-ring (bicyclic) bond motifs is 1. The Balaban J connectivity index is 2.35. The van der Waals surface area contributed by atoms with Crippen LogP contribution in [0.15, 0.2) is 12.1 Å². The summed E-state index contributed by atoms with van der Waals surface area (Å²) in [6, 6.07) is 2.76. The van der Waals surface area contributed by atoms with Gasteiger partial charge in [-0.15, -0.1) is 0 Å². The van der Waals surface area contributed by atoms with E-state index in [2.05, 4.69) is 5.32 Å². The van der Waals surface area contributed by atoms with E-state index in [0.717, 1.165) is 0 Å². The van der Waals surface area contributed by atoms with Crippen LogP contribution in [0.5, 0.6) is 5.75 Å². The van der Waals surface area contributed by atoms with Crippen molar-refractivity contribution < 1.29 is 19.0 Å². The van der Waals surface area contributed by atoms with Gasteiger partial charge in [0.25, 0.3) is 0 Å². The highest BCUT2D eigenvalue weighted by molar-refractivity contribution is 5.78. The first-order valence-electron chi connectivity index (χ1n) is 7.38. The first-order valence-corrected chi connectivity index (χ1v) is 7.38. The highest BCUT2D eigenvalue weighted by Crippen LogP contribution is 2.37. The molecule has 1 aromatic carbocycles. The van der Waals surface area contributed by atoms with E-state index in [0.29, 0.717) is 30.6 Å². The zero-order valence-electron chi connectivity index (χ0n) is 12.6. The summed E-state index contributed by atoms with van der Waals surface area (Å²) in [5.74, 6) is -0.513. The number of aliphatic hydroxyl groups excluding tert-OH is 1. The maximum absolute atomic E-state index is 14.1. The van der Waals surface area contributed by atoms with Gasteiger partial charge >= 0.3 is 0 Å². The number of carbonyl (C=O) groups is 1. The van der Waals surface area contributed by atoms with Gasteiger partial charge in [-0.3, -0.25) is 4.79 Å². The van der Waals surface area contributed by atoms with Gasteiger partial charge in [0.15, 0.2) is 11.6 Å². The normalized spacial score (nSPS) is 18.9. The lowest BCUT2D eigenvalue weighted by molar-refractivity contribution is -0.124. The van der Waals surface area contributed by atoms with Gasteiger partial charge in [-0.25, -0.2) is 4.39 Å². The standard InChI is InChI=1S/C16H22FNO3/c1-4-14(19)10-7-11-13(18-16(20)9(2)3)5-6-21-15(11)12(17)8-10/h7-9,13-14,19H,4-6H2,1-3H3,(H,18,20). The quantitative estimate of drug-likeness (QED) is 0.898. The number of rotatable bonds is 4. The Labute approximate surface area is 124 Å². The van der Waals surface area contributed by atoms with Gasteiger partial charge in [-0.05, 0) is 24.1 Å². The molecule has 0 aromatic heterocycles. The Bertz CT molecular complexity index is 530. The third kappa shape index (κ3) is 3.35. The number of nitrogens with one attached hydrogen (secondary N) is 1. The molecule has 1 aromatic rings. The van der Waals surface area contributed by atoms with Gasteiger partial charge in [0, 0.05) is 17.9 Å². The van der Waals surface area contributed by atoms with Crippen molar-refractivity contribution in [2.45, 2.75) is 45.8 Å². The molecule has 0 spiro atoms. The lowest BCUT2D eigenvalue weighted by Crippen LogP contribution is -2.35. The SMILES string of the molecule is CCC(O)c1cc(F)c2c(c1)C(NC(=O)C(C)C)CCO2. The predicted octanol–water partition coefficient (Wildman–Crippen LogP) is 2.86. The van der Waals surface area contributed by atoms with Crippen LogP contribution in [0.1, 0.15) is 56.9 Å². The highest BCUT2D eigenvalue weighted by Gasteiger charge is 2.27. The van der Waals surface area contributed by atoms with Crippen molar-refractivity contribution in [1.29, 1.82) is 0 Å². The fourth-order valence-electron chi connectivity index (χ4n) is 2.40. The first kappa shape index (κ1) is 15.8. The molecule has 1 aliphatic rings. The Morgan fingerprint density at radius 2 is 2.24 bits per heavy atom. The predicted molar refractivity (Wildman–Crippen MR) is 77.5 cm³/mol. The van der Waals surface area contributed by atoms with Crippen LogP contribution in [0, 0.1) is 11.7 Å². The minimum atomic E-state index is -0.715. The zero-order chi connectivity index (χ0) is 15.6. The highest BCUT2D eigenvalue weighted by atomic mass is 19.1. The van der Waals surface area contributed by atoms with Gasteiger partial charge in [-0.1, -0.05) is 20.8 Å². The molecule has 2 rings (SSSR count). The molecule has 4 nitrogen and oxygen atoms in total. The lowest BCUT2D eigenvalue weighted by atomic mass is 9.95. The second kappa shape index (κ2) is 6.43. The van der Waals surface area contributed by atoms with E-state index >= 15 is 0 Å². The summed E-state index contributed by atoms with van der Waals surface area (Å²) in [4.78, 5) is 11.9. The molecule has 0 radical (unpaired) electrons. The Morgan fingerprint density at radius 1 is 1.52 bits per heavy atom. The summed E-state index contributed by atoms with van der Waals surface area (Å²) in [7, 11) is 0. The van der Waals surface area contributed by atoms with Gasteiger partial charge in [0.1, 0.15) is 0 Å². The molecule has 1 amide bonds. The molecule has 21 heavy (non-hydrogen) atoms. The average molecular weight is 295 g/mol. The van der Waals surface area contributed by atoms with E-state index in [4.69, 9.17) is 4.74 Å². The van der Waals surface area contributed by atoms with E-state index in [1.165, 1.54) is 6.07 Å². The molecule has 0 bridgehead atoms. The van der Waals surface area contributed by atoms with Crippen molar-refractivity contribution in [3.63, 3.8) is 0 Å². The molecule has 116 valence electrons. The molecule has 2 atom stereocenters. The van der Waals surface area contributed by atoms with Crippen LogP contribution in [0.2, 0.25) is 0 Å². The molecule has 2 N–H and O–H groups in total. The molecule has 2 unspecified atom stereocenters. The average Bonchev–Trinajstić information content (AvgIpc) is 2.46. The molecular formula is C16H22FNO3. The zero-order valence-corrected chi connectivity index (χ0v) is 12.6. The van der Waals surface area contributed by atoms with Gasteiger partial charge in [0.2, 0.25) is 5.91 Å². The molecule has 0 saturated heterocycles. The van der Waals surface area contributed by atoms with Gasteiger partial charge in [-0.2, -0.15) is 0 Å². The minimum absolute atomic E-state index is 0.0744. The van der Waals surface area contributed by atoms with Crippen molar-refractivity contribution in [2.24, 2.45) is 5.92 Å². The number of aliphatic hydroxyl groups is 1. The van der Waals surface area contributed by atoms with Crippen LogP contribution in [0.4, 0.5) is 4.39 Å². The smallest absolute Gasteiger partial charge is 0.223 e. The number of halogens is 1. The van der Waals surface area contributed by atoms with Crippen molar-refractivity contribution in [1.82, 2.24) is 5.32 Å². The van der Waals surface area contributed by atoms with E-state index in [1.54, 1.807) is 6.07 Å². The molecule has 1 heterocycles. The molecule has 0 aliphatic carbocycles. The summed E-state index contributed by atoms with van der Waals surface area (Å²) in [5, 5.41) is 12.8. The molecule has 0 fully saturated rings. The van der Waals surface area contributed by atoms with E-state index in [-0.39, 0.29) is 23.6 Å². The maximum atomic E-state index is 14.1. The van der Waals surface area contributed by atoms with Crippen molar-refractivity contribution in [3.8, 4) is 5.75 Å². The second-order valence-corrected chi connectivity index (χ2v) is 5.70. The molecular weight excluding hydrogens is 273 g/mol. The Kier molecular flexibility index (Phi) is 4.83. The summed E-state index contributed by atoms with van der Waals surface area (Å²) in [6.45, 7) is 5.82. The number of hydrogen-bond acceptors (Lipinski definition) is 3. The van der Waals surface area contributed by atoms with Crippen molar-refractivity contribution in [2.75, 3.05) is 6.61 Å². The largest absolute Gasteiger partial charge is 0.490 e. The maximum Gasteiger partial charge on any atom is 0.223 e. The Hall–Kier alpha value is -1.62. The Morgan fingerprint density at radius 3 is 2.86 bits per heavy atom. The fourth-order valence-corrected chi connectivity index (χ4v) is 2.40. The topological polar surface area (TPSA) is 58.6 Å². The lowest BCUT2D eigenvalue weighted by Gasteiger charge is -2.28. The summed E-state index contributed by atoms with van der Waals surface area (Å²) >= 11 is 0. The van der Waals surface area contributed by atoms with Crippen LogP contribution in [-0.4, -0.2) is 17.6 Å².